The molecule has 3 heterocycles. The van der Waals surface area contributed by atoms with Gasteiger partial charge >= 0.3 is 0 Å². The van der Waals surface area contributed by atoms with E-state index in [1.165, 1.54) is 0 Å². The van der Waals surface area contributed by atoms with Crippen molar-refractivity contribution in [3.63, 3.8) is 0 Å². The van der Waals surface area contributed by atoms with Gasteiger partial charge in [-0.05, 0) is 12.8 Å². The molecule has 1 aromatic heterocycles. The second kappa shape index (κ2) is 6.26. The maximum Gasteiger partial charge on any atom is 0.237 e. The summed E-state index contributed by atoms with van der Waals surface area (Å²) in [6.07, 6.45) is 4.81. The SMILES string of the molecule is O=C(NCCC(=O)N1CCCC1)C1Cc2nc[nH]c2CN1. The molecule has 1 unspecified atom stereocenters. The summed E-state index contributed by atoms with van der Waals surface area (Å²) in [7, 11) is 0. The summed E-state index contributed by atoms with van der Waals surface area (Å²) >= 11 is 0. The van der Waals surface area contributed by atoms with Crippen LogP contribution in [0.25, 0.3) is 0 Å². The van der Waals surface area contributed by atoms with Crippen LogP contribution in [0, 0.1) is 0 Å². The minimum Gasteiger partial charge on any atom is -0.354 e. The third-order valence-corrected chi connectivity index (χ3v) is 4.14. The van der Waals surface area contributed by atoms with Crippen LogP contribution in [0.1, 0.15) is 30.7 Å². The Morgan fingerprint density at radius 2 is 2.19 bits per heavy atom. The Bertz CT molecular complexity index is 521. The Hall–Kier alpha value is -1.89. The van der Waals surface area contributed by atoms with Crippen molar-refractivity contribution in [1.29, 1.82) is 0 Å². The van der Waals surface area contributed by atoms with Gasteiger partial charge in [-0.1, -0.05) is 0 Å². The molecule has 0 bridgehead atoms. The highest BCUT2D eigenvalue weighted by atomic mass is 16.2. The predicted octanol–water partition coefficient (Wildman–Crippen LogP) is -0.447. The lowest BCUT2D eigenvalue weighted by Crippen LogP contribution is -2.48. The van der Waals surface area contributed by atoms with E-state index in [0.717, 1.165) is 37.3 Å². The van der Waals surface area contributed by atoms with Crippen molar-refractivity contribution in [3.05, 3.63) is 17.7 Å². The number of carbonyl (C=O) groups excluding carboxylic acids is 2. The lowest BCUT2D eigenvalue weighted by atomic mass is 10.0. The van der Waals surface area contributed by atoms with E-state index in [1.807, 2.05) is 4.90 Å². The average molecular weight is 291 g/mol. The molecule has 0 radical (unpaired) electrons. The van der Waals surface area contributed by atoms with Crippen LogP contribution >= 0.6 is 0 Å². The largest absolute Gasteiger partial charge is 0.354 e. The van der Waals surface area contributed by atoms with Crippen molar-refractivity contribution in [3.8, 4) is 0 Å². The van der Waals surface area contributed by atoms with Gasteiger partial charge in [-0.2, -0.15) is 0 Å². The summed E-state index contributed by atoms with van der Waals surface area (Å²) in [6, 6.07) is -0.261. The highest BCUT2D eigenvalue weighted by Crippen LogP contribution is 2.12. The Balaban J connectivity index is 1.41. The molecule has 7 nitrogen and oxygen atoms in total. The average Bonchev–Trinajstić information content (AvgIpc) is 3.17. The molecular formula is C14H21N5O2. The van der Waals surface area contributed by atoms with E-state index in [9.17, 15) is 9.59 Å². The zero-order valence-corrected chi connectivity index (χ0v) is 12.0. The van der Waals surface area contributed by atoms with Crippen LogP contribution < -0.4 is 10.6 Å². The summed E-state index contributed by atoms with van der Waals surface area (Å²) in [6.45, 7) is 2.75. The molecule has 2 amide bonds. The summed E-state index contributed by atoms with van der Waals surface area (Å²) < 4.78 is 0. The van der Waals surface area contributed by atoms with Crippen LogP contribution in [0.4, 0.5) is 0 Å². The lowest BCUT2D eigenvalue weighted by Gasteiger charge is -2.22. The van der Waals surface area contributed by atoms with E-state index >= 15 is 0 Å². The van der Waals surface area contributed by atoms with Gasteiger partial charge in [0, 0.05) is 39.0 Å². The van der Waals surface area contributed by atoms with Crippen LogP contribution in [0.5, 0.6) is 0 Å². The molecule has 7 heteroatoms. The van der Waals surface area contributed by atoms with Crippen molar-refractivity contribution in [2.24, 2.45) is 0 Å². The van der Waals surface area contributed by atoms with Gasteiger partial charge < -0.3 is 15.2 Å². The zero-order chi connectivity index (χ0) is 14.7. The number of H-pyrrole nitrogens is 1. The molecule has 1 saturated heterocycles. The van der Waals surface area contributed by atoms with Gasteiger partial charge in [0.05, 0.1) is 23.8 Å². The van der Waals surface area contributed by atoms with Crippen molar-refractivity contribution >= 4 is 11.8 Å². The monoisotopic (exact) mass is 291 g/mol. The Kier molecular flexibility index (Phi) is 4.19. The van der Waals surface area contributed by atoms with Gasteiger partial charge in [0.25, 0.3) is 0 Å². The number of likely N-dealkylation sites (tertiary alicyclic amines) is 1. The molecule has 3 rings (SSSR count). The Labute approximate surface area is 123 Å². The Morgan fingerprint density at radius 1 is 1.38 bits per heavy atom. The predicted molar refractivity (Wildman–Crippen MR) is 76.4 cm³/mol. The molecule has 0 aliphatic carbocycles. The number of nitrogens with zero attached hydrogens (tertiary/aromatic N) is 2. The highest BCUT2D eigenvalue weighted by Gasteiger charge is 2.25. The molecule has 0 spiro atoms. The number of carbonyl (C=O) groups is 2. The number of imidazole rings is 1. The minimum atomic E-state index is -0.261. The minimum absolute atomic E-state index is 0.0575. The van der Waals surface area contributed by atoms with E-state index < -0.39 is 0 Å². The van der Waals surface area contributed by atoms with E-state index in [0.29, 0.717) is 25.9 Å². The quantitative estimate of drug-likeness (QED) is 0.701. The smallest absolute Gasteiger partial charge is 0.237 e. The molecular weight excluding hydrogens is 270 g/mol. The summed E-state index contributed by atoms with van der Waals surface area (Å²) in [5.74, 6) is 0.0804. The molecule has 1 fully saturated rings. The van der Waals surface area contributed by atoms with E-state index in [2.05, 4.69) is 20.6 Å². The van der Waals surface area contributed by atoms with Crippen molar-refractivity contribution < 1.29 is 9.59 Å². The fraction of sp³-hybridized carbons (Fsp3) is 0.643. The van der Waals surface area contributed by atoms with Crippen LogP contribution in [-0.4, -0.2) is 52.4 Å². The molecule has 0 aromatic carbocycles. The third-order valence-electron chi connectivity index (χ3n) is 4.14. The topological polar surface area (TPSA) is 90.1 Å². The molecule has 2 aliphatic heterocycles. The number of nitrogens with one attached hydrogen (secondary N) is 3. The number of aromatic amines is 1. The van der Waals surface area contributed by atoms with E-state index in [4.69, 9.17) is 0 Å². The lowest BCUT2D eigenvalue weighted by molar-refractivity contribution is -0.130. The first-order chi connectivity index (χ1) is 10.2. The van der Waals surface area contributed by atoms with Gasteiger partial charge in [0.1, 0.15) is 0 Å². The Morgan fingerprint density at radius 3 is 3.00 bits per heavy atom. The molecule has 21 heavy (non-hydrogen) atoms. The number of hydrogen-bond donors (Lipinski definition) is 3. The third kappa shape index (κ3) is 3.24. The molecule has 1 aromatic rings. The van der Waals surface area contributed by atoms with Gasteiger partial charge in [0.2, 0.25) is 11.8 Å². The summed E-state index contributed by atoms with van der Waals surface area (Å²) in [5, 5.41) is 6.02. The fourth-order valence-corrected chi connectivity index (χ4v) is 2.89. The first-order valence-electron chi connectivity index (χ1n) is 7.54. The number of rotatable bonds is 4. The van der Waals surface area contributed by atoms with Gasteiger partial charge in [0.15, 0.2) is 0 Å². The van der Waals surface area contributed by atoms with Crippen LogP contribution in [0.15, 0.2) is 6.33 Å². The van der Waals surface area contributed by atoms with Crippen molar-refractivity contribution in [2.45, 2.75) is 38.3 Å². The molecule has 0 saturated carbocycles. The summed E-state index contributed by atoms with van der Waals surface area (Å²) in [4.78, 5) is 33.1. The standard InChI is InChI=1S/C14H21N5O2/c20-13(19-5-1-2-6-19)3-4-15-14(21)11-7-10-12(8-16-11)18-9-17-10/h9,11,16H,1-8H2,(H,15,21)(H,17,18). The van der Waals surface area contributed by atoms with Gasteiger partial charge in [-0.25, -0.2) is 4.98 Å². The van der Waals surface area contributed by atoms with E-state index in [-0.39, 0.29) is 17.9 Å². The van der Waals surface area contributed by atoms with E-state index in [1.54, 1.807) is 6.33 Å². The summed E-state index contributed by atoms with van der Waals surface area (Å²) in [5.41, 5.74) is 1.99. The van der Waals surface area contributed by atoms with Crippen molar-refractivity contribution in [2.75, 3.05) is 19.6 Å². The van der Waals surface area contributed by atoms with Crippen LogP contribution in [0.2, 0.25) is 0 Å². The highest BCUT2D eigenvalue weighted by molar-refractivity contribution is 5.83. The molecule has 3 N–H and O–H groups in total. The van der Waals surface area contributed by atoms with Crippen LogP contribution in [-0.2, 0) is 22.6 Å². The second-order valence-corrected chi connectivity index (χ2v) is 5.59. The number of fused-ring (bicyclic) bond motifs is 1. The zero-order valence-electron chi connectivity index (χ0n) is 12.0. The first-order valence-corrected chi connectivity index (χ1v) is 7.54. The second-order valence-electron chi connectivity index (χ2n) is 5.59. The first kappa shape index (κ1) is 14.1. The maximum absolute atomic E-state index is 12.1. The van der Waals surface area contributed by atoms with Gasteiger partial charge in [-0.3, -0.25) is 14.9 Å². The number of amides is 2. The molecule has 2 aliphatic rings. The normalized spacial score (nSPS) is 21.1. The molecule has 114 valence electrons. The maximum atomic E-state index is 12.1. The number of aromatic nitrogens is 2. The van der Waals surface area contributed by atoms with Crippen molar-refractivity contribution in [1.82, 2.24) is 25.5 Å². The number of hydrogen-bond acceptors (Lipinski definition) is 4. The molecule has 1 atom stereocenters. The van der Waals surface area contributed by atoms with Gasteiger partial charge in [-0.15, -0.1) is 0 Å². The van der Waals surface area contributed by atoms with Crippen LogP contribution in [0.3, 0.4) is 0 Å². The fourth-order valence-electron chi connectivity index (χ4n) is 2.89.